The molecule has 0 unspecified atom stereocenters. The standard InChI is InChI=1S/C24H31N3O2S3/c1-5-6-7-8-18-9-11-20(12-10-18)27(22-25-17(2)15-30-22)14-13-19-16-31-23(26-19)32-24(3,4)21(28)29/h9-12,15-16H,5-8,13-14H2,1-4H3,(H,28,29). The Morgan fingerprint density at radius 1 is 1.09 bits per heavy atom. The molecule has 172 valence electrons. The van der Waals surface area contributed by atoms with E-state index in [9.17, 15) is 9.90 Å². The summed E-state index contributed by atoms with van der Waals surface area (Å²) in [5, 5.41) is 14.5. The summed E-state index contributed by atoms with van der Waals surface area (Å²) in [6.45, 7) is 8.43. The summed E-state index contributed by atoms with van der Waals surface area (Å²) in [5.74, 6) is -0.831. The lowest BCUT2D eigenvalue weighted by Crippen LogP contribution is -2.26. The van der Waals surface area contributed by atoms with Gasteiger partial charge >= 0.3 is 5.97 Å². The lowest BCUT2D eigenvalue weighted by Gasteiger charge is -2.22. The van der Waals surface area contributed by atoms with Crippen molar-refractivity contribution < 1.29 is 9.90 Å². The van der Waals surface area contributed by atoms with Gasteiger partial charge in [-0.25, -0.2) is 9.97 Å². The molecule has 2 heterocycles. The molecule has 2 aromatic heterocycles. The zero-order chi connectivity index (χ0) is 23.1. The van der Waals surface area contributed by atoms with Crippen LogP contribution in [-0.2, 0) is 17.6 Å². The Morgan fingerprint density at radius 3 is 2.47 bits per heavy atom. The van der Waals surface area contributed by atoms with Gasteiger partial charge in [0, 0.05) is 29.4 Å². The van der Waals surface area contributed by atoms with Crippen molar-refractivity contribution in [2.45, 2.75) is 68.9 Å². The van der Waals surface area contributed by atoms with E-state index >= 15 is 0 Å². The Balaban J connectivity index is 1.70. The van der Waals surface area contributed by atoms with E-state index in [0.717, 1.165) is 45.9 Å². The van der Waals surface area contributed by atoms with Crippen molar-refractivity contribution in [1.82, 2.24) is 9.97 Å². The number of carbonyl (C=O) groups is 1. The molecule has 0 aliphatic carbocycles. The van der Waals surface area contributed by atoms with Crippen LogP contribution in [0.1, 0.15) is 57.0 Å². The van der Waals surface area contributed by atoms with Crippen LogP contribution in [-0.4, -0.2) is 32.3 Å². The lowest BCUT2D eigenvalue weighted by molar-refractivity contribution is -0.138. The number of nitrogens with zero attached hydrogens (tertiary/aromatic N) is 3. The van der Waals surface area contributed by atoms with Gasteiger partial charge in [-0.2, -0.15) is 0 Å². The van der Waals surface area contributed by atoms with Crippen molar-refractivity contribution in [3.05, 3.63) is 52.0 Å². The zero-order valence-corrected chi connectivity index (χ0v) is 21.6. The lowest BCUT2D eigenvalue weighted by atomic mass is 10.1. The predicted molar refractivity (Wildman–Crippen MR) is 137 cm³/mol. The third-order valence-corrected chi connectivity index (χ3v) is 8.29. The van der Waals surface area contributed by atoms with E-state index in [2.05, 4.69) is 46.5 Å². The summed E-state index contributed by atoms with van der Waals surface area (Å²) >= 11 is 4.46. The minimum atomic E-state index is -0.890. The Bertz CT molecular complexity index is 1010. The van der Waals surface area contributed by atoms with E-state index < -0.39 is 10.7 Å². The number of thioether (sulfide) groups is 1. The van der Waals surface area contributed by atoms with Crippen LogP contribution in [0.3, 0.4) is 0 Å². The summed E-state index contributed by atoms with van der Waals surface area (Å²) in [6.07, 6.45) is 5.62. The van der Waals surface area contributed by atoms with Crippen molar-refractivity contribution >= 4 is 51.2 Å². The highest BCUT2D eigenvalue weighted by Gasteiger charge is 2.29. The number of benzene rings is 1. The average Bonchev–Trinajstić information content (AvgIpc) is 3.38. The average molecular weight is 490 g/mol. The molecule has 0 radical (unpaired) electrons. The quantitative estimate of drug-likeness (QED) is 0.219. The van der Waals surface area contributed by atoms with E-state index in [-0.39, 0.29) is 0 Å². The van der Waals surface area contributed by atoms with Crippen LogP contribution in [0.2, 0.25) is 0 Å². The van der Waals surface area contributed by atoms with Gasteiger partial charge in [-0.05, 0) is 51.3 Å². The van der Waals surface area contributed by atoms with Gasteiger partial charge in [-0.1, -0.05) is 43.7 Å². The molecule has 0 saturated carbocycles. The Labute approximate surface area is 202 Å². The van der Waals surface area contributed by atoms with Crippen molar-refractivity contribution in [2.75, 3.05) is 11.4 Å². The summed E-state index contributed by atoms with van der Waals surface area (Å²) in [5.41, 5.74) is 4.51. The molecular formula is C24H31N3O2S3. The second-order valence-electron chi connectivity index (χ2n) is 8.32. The van der Waals surface area contributed by atoms with Gasteiger partial charge in [0.25, 0.3) is 0 Å². The van der Waals surface area contributed by atoms with Gasteiger partial charge in [0.2, 0.25) is 0 Å². The van der Waals surface area contributed by atoms with Crippen molar-refractivity contribution in [3.8, 4) is 0 Å². The third-order valence-electron chi connectivity index (χ3n) is 5.13. The number of thiazole rings is 2. The maximum atomic E-state index is 11.4. The largest absolute Gasteiger partial charge is 0.480 e. The molecule has 0 fully saturated rings. The fraction of sp³-hybridized carbons (Fsp3) is 0.458. The number of unbranched alkanes of at least 4 members (excludes halogenated alkanes) is 2. The molecule has 0 aliphatic rings. The first-order chi connectivity index (χ1) is 15.3. The number of anilines is 2. The Kier molecular flexibility index (Phi) is 8.73. The van der Waals surface area contributed by atoms with Gasteiger partial charge in [-0.15, -0.1) is 22.7 Å². The van der Waals surface area contributed by atoms with Crippen LogP contribution >= 0.6 is 34.4 Å². The smallest absolute Gasteiger partial charge is 0.319 e. The van der Waals surface area contributed by atoms with Crippen molar-refractivity contribution in [3.63, 3.8) is 0 Å². The first-order valence-electron chi connectivity index (χ1n) is 10.9. The van der Waals surface area contributed by atoms with Crippen LogP contribution in [0.5, 0.6) is 0 Å². The van der Waals surface area contributed by atoms with E-state index in [1.807, 2.05) is 12.3 Å². The Morgan fingerprint density at radius 2 is 1.84 bits per heavy atom. The molecule has 5 nitrogen and oxygen atoms in total. The molecule has 0 amide bonds. The summed E-state index contributed by atoms with van der Waals surface area (Å²) in [7, 11) is 0. The second-order valence-corrected chi connectivity index (χ2v) is 11.9. The molecule has 8 heteroatoms. The maximum absolute atomic E-state index is 11.4. The molecule has 0 atom stereocenters. The highest BCUT2D eigenvalue weighted by molar-refractivity contribution is 8.03. The van der Waals surface area contributed by atoms with Crippen LogP contribution in [0, 0.1) is 6.92 Å². The van der Waals surface area contributed by atoms with Crippen LogP contribution in [0.25, 0.3) is 0 Å². The van der Waals surface area contributed by atoms with Crippen molar-refractivity contribution in [2.24, 2.45) is 0 Å². The second kappa shape index (κ2) is 11.3. The predicted octanol–water partition coefficient (Wildman–Crippen LogP) is 6.98. The van der Waals surface area contributed by atoms with E-state index in [0.29, 0.717) is 0 Å². The monoisotopic (exact) mass is 489 g/mol. The number of aromatic nitrogens is 2. The minimum Gasteiger partial charge on any atom is -0.480 e. The molecule has 0 spiro atoms. The molecule has 3 aromatic rings. The van der Waals surface area contributed by atoms with Gasteiger partial charge in [0.1, 0.15) is 4.75 Å². The van der Waals surface area contributed by atoms with Gasteiger partial charge in [0.05, 0.1) is 11.4 Å². The SMILES string of the molecule is CCCCCc1ccc(N(CCc2csc(SC(C)(C)C(=O)O)n2)c2nc(C)cs2)cc1. The Hall–Kier alpha value is -1.90. The normalized spacial score (nSPS) is 11.6. The molecule has 1 aromatic carbocycles. The molecule has 0 saturated heterocycles. The van der Waals surface area contributed by atoms with Gasteiger partial charge in [0.15, 0.2) is 9.47 Å². The third kappa shape index (κ3) is 6.80. The summed E-state index contributed by atoms with van der Waals surface area (Å²) < 4.78 is -0.0983. The molecular weight excluding hydrogens is 458 g/mol. The summed E-state index contributed by atoms with van der Waals surface area (Å²) in [6, 6.07) is 8.83. The topological polar surface area (TPSA) is 66.3 Å². The first kappa shape index (κ1) is 24.7. The molecule has 1 N–H and O–H groups in total. The number of aryl methyl sites for hydroxylation is 2. The minimum absolute atomic E-state index is 0.762. The van der Waals surface area contributed by atoms with Gasteiger partial charge < -0.3 is 10.0 Å². The van der Waals surface area contributed by atoms with E-state index in [4.69, 9.17) is 4.98 Å². The summed E-state index contributed by atoms with van der Waals surface area (Å²) in [4.78, 5) is 23.0. The number of carboxylic acid groups (broad SMARTS) is 1. The van der Waals surface area contributed by atoms with Gasteiger partial charge in [-0.3, -0.25) is 4.79 Å². The highest BCUT2D eigenvalue weighted by atomic mass is 32.2. The zero-order valence-electron chi connectivity index (χ0n) is 19.1. The van der Waals surface area contributed by atoms with Crippen LogP contribution < -0.4 is 4.90 Å². The number of rotatable bonds is 12. The number of hydrogen-bond acceptors (Lipinski definition) is 7. The highest BCUT2D eigenvalue weighted by Crippen LogP contribution is 2.35. The molecule has 0 aliphatic heterocycles. The van der Waals surface area contributed by atoms with E-state index in [1.54, 1.807) is 25.2 Å². The molecule has 0 bridgehead atoms. The maximum Gasteiger partial charge on any atom is 0.319 e. The molecule has 3 rings (SSSR count). The fourth-order valence-corrected chi connectivity index (χ4v) is 6.24. The number of carboxylic acids is 1. The van der Waals surface area contributed by atoms with Crippen LogP contribution in [0.15, 0.2) is 39.4 Å². The number of hydrogen-bond donors (Lipinski definition) is 1. The van der Waals surface area contributed by atoms with E-state index in [1.165, 1.54) is 47.9 Å². The number of aliphatic carboxylic acids is 1. The van der Waals surface area contributed by atoms with Crippen molar-refractivity contribution in [1.29, 1.82) is 0 Å². The fourth-order valence-electron chi connectivity index (χ4n) is 3.16. The molecule has 32 heavy (non-hydrogen) atoms. The first-order valence-corrected chi connectivity index (χ1v) is 13.5. The van der Waals surface area contributed by atoms with Crippen LogP contribution in [0.4, 0.5) is 10.8 Å².